The zero-order valence-electron chi connectivity index (χ0n) is 20.3. The van der Waals surface area contributed by atoms with Crippen molar-refractivity contribution in [1.82, 2.24) is 9.97 Å². The number of unbranched alkanes of at least 4 members (excludes halogenated alkanes) is 8. The third-order valence-corrected chi connectivity index (χ3v) is 6.20. The number of nitrogens with zero attached hydrogens (tertiary/aromatic N) is 1. The van der Waals surface area contributed by atoms with Gasteiger partial charge in [0, 0.05) is 18.0 Å². The van der Waals surface area contributed by atoms with Gasteiger partial charge in [0.15, 0.2) is 0 Å². The van der Waals surface area contributed by atoms with E-state index >= 15 is 0 Å². The van der Waals surface area contributed by atoms with Crippen LogP contribution in [0, 0.1) is 0 Å². The summed E-state index contributed by atoms with van der Waals surface area (Å²) in [6.07, 6.45) is 21.9. The topological polar surface area (TPSA) is 53.2 Å². The average Bonchev–Trinajstić information content (AvgIpc) is 3.53. The molecule has 4 heteroatoms. The Bertz CT molecular complexity index is 899. The summed E-state index contributed by atoms with van der Waals surface area (Å²) in [7, 11) is 1.72. The Morgan fingerprint density at radius 3 is 2.31 bits per heavy atom. The number of methoxy groups -OCH3 is 1. The first-order valence-electron chi connectivity index (χ1n) is 12.7. The second-order valence-electron chi connectivity index (χ2n) is 8.87. The molecule has 0 amide bonds. The normalized spacial score (nSPS) is 14.8. The Labute approximate surface area is 194 Å². The van der Waals surface area contributed by atoms with Crippen LogP contribution in [0.15, 0.2) is 46.7 Å². The van der Waals surface area contributed by atoms with Gasteiger partial charge in [-0.15, -0.1) is 0 Å². The minimum Gasteiger partial charge on any atom is -0.494 e. The zero-order chi connectivity index (χ0) is 22.6. The first-order chi connectivity index (χ1) is 15.7. The molecule has 0 fully saturated rings. The highest BCUT2D eigenvalue weighted by Gasteiger charge is 2.16. The summed E-state index contributed by atoms with van der Waals surface area (Å²) in [5.41, 5.74) is 6.76. The van der Waals surface area contributed by atoms with E-state index in [1.807, 2.05) is 18.3 Å². The molecule has 0 saturated heterocycles. The highest BCUT2D eigenvalue weighted by molar-refractivity contribution is 6.04. The summed E-state index contributed by atoms with van der Waals surface area (Å²) >= 11 is 0. The van der Waals surface area contributed by atoms with Crippen molar-refractivity contribution in [3.63, 3.8) is 0 Å². The van der Waals surface area contributed by atoms with E-state index < -0.39 is 0 Å². The lowest BCUT2D eigenvalue weighted by molar-refractivity contribution is 0.414. The molecule has 0 bridgehead atoms. The molecule has 1 aliphatic rings. The van der Waals surface area contributed by atoms with Crippen molar-refractivity contribution in [2.75, 3.05) is 7.11 Å². The van der Waals surface area contributed by atoms with Crippen LogP contribution in [-0.2, 0) is 0 Å². The van der Waals surface area contributed by atoms with Gasteiger partial charge in [0.05, 0.1) is 29.9 Å². The Morgan fingerprint density at radius 1 is 0.906 bits per heavy atom. The van der Waals surface area contributed by atoms with Crippen LogP contribution in [0.2, 0.25) is 0 Å². The standard InChI is InChI=1S/C28H41N3O/c1-4-6-7-8-9-10-11-12-13-16-22-19-23(30-24(22)15-5-2)20-27-28(32-3)21-26(31-27)25-17-14-18-29-25/h14,17-21,29,31H,4-13,15-16H2,1-3H3/b23-20-. The molecule has 2 aromatic rings. The molecule has 1 aliphatic heterocycles. The van der Waals surface area contributed by atoms with Crippen molar-refractivity contribution in [3.8, 4) is 17.1 Å². The predicted molar refractivity (Wildman–Crippen MR) is 137 cm³/mol. The first-order valence-corrected chi connectivity index (χ1v) is 12.7. The monoisotopic (exact) mass is 435 g/mol. The molecule has 2 aromatic heterocycles. The number of hydrogen-bond acceptors (Lipinski definition) is 2. The van der Waals surface area contributed by atoms with Crippen LogP contribution in [0.4, 0.5) is 0 Å². The summed E-state index contributed by atoms with van der Waals surface area (Å²) in [6.45, 7) is 4.51. The molecule has 0 unspecified atom stereocenters. The molecule has 0 aliphatic carbocycles. The van der Waals surface area contributed by atoms with E-state index in [4.69, 9.17) is 9.73 Å². The maximum Gasteiger partial charge on any atom is 0.144 e. The van der Waals surface area contributed by atoms with E-state index in [0.717, 1.165) is 47.8 Å². The van der Waals surface area contributed by atoms with Gasteiger partial charge in [0.1, 0.15) is 5.75 Å². The SMILES string of the molecule is CCCCCCCCCCCC1=C/C(=C/c2[nH]c(-c3ccc[nH]3)cc2OC)N=C1CCC. The molecule has 0 spiro atoms. The third kappa shape index (κ3) is 7.01. The summed E-state index contributed by atoms with van der Waals surface area (Å²) in [6, 6.07) is 6.09. The lowest BCUT2D eigenvalue weighted by Crippen LogP contribution is -1.99. The lowest BCUT2D eigenvalue weighted by atomic mass is 9.99. The maximum absolute atomic E-state index is 5.61. The van der Waals surface area contributed by atoms with Gasteiger partial charge >= 0.3 is 0 Å². The molecule has 2 N–H and O–H groups in total. The highest BCUT2D eigenvalue weighted by Crippen LogP contribution is 2.31. The summed E-state index contributed by atoms with van der Waals surface area (Å²) in [5.74, 6) is 0.843. The van der Waals surface area contributed by atoms with Crippen molar-refractivity contribution >= 4 is 11.8 Å². The Morgan fingerprint density at radius 2 is 1.66 bits per heavy atom. The molecule has 3 rings (SSSR count). The van der Waals surface area contributed by atoms with Gasteiger partial charge in [-0.3, -0.25) is 4.99 Å². The molecule has 0 saturated carbocycles. The zero-order valence-corrected chi connectivity index (χ0v) is 20.3. The van der Waals surface area contributed by atoms with Crippen molar-refractivity contribution in [1.29, 1.82) is 0 Å². The minimum absolute atomic E-state index is 0.843. The molecule has 0 atom stereocenters. The van der Waals surface area contributed by atoms with Crippen molar-refractivity contribution < 1.29 is 4.74 Å². The fourth-order valence-corrected chi connectivity index (χ4v) is 4.41. The van der Waals surface area contributed by atoms with Crippen LogP contribution in [0.5, 0.6) is 5.75 Å². The quantitative estimate of drug-likeness (QED) is 0.271. The Balaban J connectivity index is 1.57. The second kappa shape index (κ2) is 13.1. The van der Waals surface area contributed by atoms with Gasteiger partial charge in [-0.1, -0.05) is 71.6 Å². The van der Waals surface area contributed by atoms with Gasteiger partial charge in [0.2, 0.25) is 0 Å². The number of aromatic amines is 2. The fourth-order valence-electron chi connectivity index (χ4n) is 4.41. The smallest absolute Gasteiger partial charge is 0.144 e. The number of H-pyrrole nitrogens is 2. The molecule has 3 heterocycles. The Hall–Kier alpha value is -2.49. The van der Waals surface area contributed by atoms with Crippen LogP contribution in [0.3, 0.4) is 0 Å². The van der Waals surface area contributed by atoms with E-state index in [1.165, 1.54) is 69.1 Å². The van der Waals surface area contributed by atoms with Gasteiger partial charge in [0.25, 0.3) is 0 Å². The number of hydrogen-bond donors (Lipinski definition) is 2. The number of allylic oxidation sites excluding steroid dienone is 2. The Kier molecular flexibility index (Phi) is 9.93. The third-order valence-electron chi connectivity index (χ3n) is 6.20. The van der Waals surface area contributed by atoms with Crippen LogP contribution in [-0.4, -0.2) is 22.8 Å². The molecule has 4 nitrogen and oxygen atoms in total. The second-order valence-corrected chi connectivity index (χ2v) is 8.87. The maximum atomic E-state index is 5.61. The summed E-state index contributed by atoms with van der Waals surface area (Å²) in [5, 5.41) is 0. The fraction of sp³-hybridized carbons (Fsp3) is 0.536. The first kappa shape index (κ1) is 24.2. The molecule has 32 heavy (non-hydrogen) atoms. The highest BCUT2D eigenvalue weighted by atomic mass is 16.5. The summed E-state index contributed by atoms with van der Waals surface area (Å²) in [4.78, 5) is 11.7. The van der Waals surface area contributed by atoms with E-state index in [0.29, 0.717) is 0 Å². The van der Waals surface area contributed by atoms with E-state index in [2.05, 4.69) is 42.0 Å². The average molecular weight is 436 g/mol. The number of aliphatic imine (C=N–C) groups is 1. The van der Waals surface area contributed by atoms with E-state index in [9.17, 15) is 0 Å². The van der Waals surface area contributed by atoms with E-state index in [-0.39, 0.29) is 0 Å². The molecule has 0 radical (unpaired) electrons. The molecule has 174 valence electrons. The number of aromatic nitrogens is 2. The molecular weight excluding hydrogens is 394 g/mol. The van der Waals surface area contributed by atoms with Crippen molar-refractivity contribution in [2.24, 2.45) is 4.99 Å². The predicted octanol–water partition coefficient (Wildman–Crippen LogP) is 8.46. The number of rotatable bonds is 15. The molecule has 0 aromatic carbocycles. The summed E-state index contributed by atoms with van der Waals surface area (Å²) < 4.78 is 5.61. The van der Waals surface area contributed by atoms with Gasteiger partial charge in [-0.2, -0.15) is 0 Å². The van der Waals surface area contributed by atoms with Crippen LogP contribution in [0.1, 0.15) is 96.6 Å². The van der Waals surface area contributed by atoms with Crippen LogP contribution in [0.25, 0.3) is 17.5 Å². The van der Waals surface area contributed by atoms with Crippen LogP contribution >= 0.6 is 0 Å². The van der Waals surface area contributed by atoms with Crippen LogP contribution < -0.4 is 4.74 Å². The van der Waals surface area contributed by atoms with Gasteiger partial charge in [-0.25, -0.2) is 0 Å². The van der Waals surface area contributed by atoms with Gasteiger partial charge in [-0.05, 0) is 49.1 Å². The van der Waals surface area contributed by atoms with Gasteiger partial charge < -0.3 is 14.7 Å². The minimum atomic E-state index is 0.843. The van der Waals surface area contributed by atoms with Crippen molar-refractivity contribution in [2.45, 2.75) is 90.9 Å². The molecular formula is C28H41N3O. The lowest BCUT2D eigenvalue weighted by Gasteiger charge is -2.06. The largest absolute Gasteiger partial charge is 0.494 e. The van der Waals surface area contributed by atoms with Crippen molar-refractivity contribution in [3.05, 3.63) is 47.4 Å². The van der Waals surface area contributed by atoms with E-state index in [1.54, 1.807) is 7.11 Å². The number of ether oxygens (including phenoxy) is 1. The number of nitrogens with one attached hydrogen (secondary N) is 2.